The molecule has 24 heavy (non-hydrogen) atoms. The van der Waals surface area contributed by atoms with E-state index in [2.05, 4.69) is 34.6 Å². The summed E-state index contributed by atoms with van der Waals surface area (Å²) in [5, 5.41) is 19.8. The van der Waals surface area contributed by atoms with E-state index in [1.807, 2.05) is 11.6 Å². The molecule has 1 aliphatic heterocycles. The molecule has 0 fully saturated rings. The molecule has 1 aliphatic rings. The highest BCUT2D eigenvalue weighted by atomic mass is 16.3. The van der Waals surface area contributed by atoms with Gasteiger partial charge in [0.2, 0.25) is 0 Å². The van der Waals surface area contributed by atoms with E-state index < -0.39 is 0 Å². The maximum atomic E-state index is 12.3. The van der Waals surface area contributed by atoms with Gasteiger partial charge in [-0.15, -0.1) is 0 Å². The number of aryl methyl sites for hydroxylation is 2. The molecule has 136 valence electrons. The van der Waals surface area contributed by atoms with E-state index in [0.717, 1.165) is 50.3 Å². The van der Waals surface area contributed by atoms with Gasteiger partial charge in [0.15, 0.2) is 5.82 Å². The highest BCUT2D eigenvalue weighted by molar-refractivity contribution is 5.74. The largest absolute Gasteiger partial charge is 0.396 e. The molecule has 1 aromatic rings. The molecule has 2 heterocycles. The Balaban J connectivity index is 1.95. The van der Waals surface area contributed by atoms with E-state index in [9.17, 15) is 9.90 Å². The van der Waals surface area contributed by atoms with E-state index in [4.69, 9.17) is 0 Å². The number of aliphatic hydroxyl groups excluding tert-OH is 1. The van der Waals surface area contributed by atoms with Gasteiger partial charge in [-0.2, -0.15) is 5.10 Å². The molecule has 0 bridgehead atoms. The summed E-state index contributed by atoms with van der Waals surface area (Å²) in [5.74, 6) is 1.69. The van der Waals surface area contributed by atoms with Crippen LogP contribution >= 0.6 is 0 Å². The van der Waals surface area contributed by atoms with E-state index >= 15 is 0 Å². The van der Waals surface area contributed by atoms with Gasteiger partial charge in [0.05, 0.1) is 6.04 Å². The average Bonchev–Trinajstić information content (AvgIpc) is 3.03. The van der Waals surface area contributed by atoms with Gasteiger partial charge in [-0.3, -0.25) is 0 Å². The summed E-state index contributed by atoms with van der Waals surface area (Å²) in [6, 6.07) is -0.249. The number of carbonyl (C=O) groups excluding carboxylic acids is 1. The zero-order chi connectivity index (χ0) is 17.6. The second-order valence-corrected chi connectivity index (χ2v) is 6.67. The van der Waals surface area contributed by atoms with Crippen LogP contribution in [0.5, 0.6) is 0 Å². The molecule has 3 N–H and O–H groups in total. The summed E-state index contributed by atoms with van der Waals surface area (Å²) >= 11 is 0. The Morgan fingerprint density at radius 3 is 2.75 bits per heavy atom. The first-order valence-corrected chi connectivity index (χ1v) is 9.16. The lowest BCUT2D eigenvalue weighted by Gasteiger charge is -2.32. The van der Waals surface area contributed by atoms with Crippen molar-refractivity contribution >= 4 is 6.03 Å². The summed E-state index contributed by atoms with van der Waals surface area (Å²) in [6.07, 6.45) is 5.25. The maximum absolute atomic E-state index is 12.3. The number of nitrogens with zero attached hydrogens (tertiary/aromatic N) is 3. The van der Waals surface area contributed by atoms with Crippen molar-refractivity contribution < 1.29 is 9.90 Å². The number of nitrogens with one attached hydrogen (secondary N) is 2. The molecule has 0 aromatic carbocycles. The van der Waals surface area contributed by atoms with Crippen molar-refractivity contribution in [3.05, 3.63) is 11.6 Å². The summed E-state index contributed by atoms with van der Waals surface area (Å²) in [6.45, 7) is 7.84. The van der Waals surface area contributed by atoms with Gasteiger partial charge in [0, 0.05) is 26.1 Å². The number of urea groups is 1. The summed E-state index contributed by atoms with van der Waals surface area (Å²) < 4.78 is 1.92. The third-order valence-corrected chi connectivity index (χ3v) is 5.31. The predicted octanol–water partition coefficient (Wildman–Crippen LogP) is 2.16. The number of rotatable bonds is 8. The fourth-order valence-electron chi connectivity index (χ4n) is 3.34. The third kappa shape index (κ3) is 4.26. The molecular formula is C17H31N5O2. The van der Waals surface area contributed by atoms with Gasteiger partial charge in [-0.25, -0.2) is 14.5 Å². The second kappa shape index (κ2) is 8.46. The molecular weight excluding hydrogens is 306 g/mol. The molecule has 0 spiro atoms. The van der Waals surface area contributed by atoms with Crippen LogP contribution in [0.2, 0.25) is 0 Å². The Morgan fingerprint density at radius 2 is 2.12 bits per heavy atom. The van der Waals surface area contributed by atoms with E-state index in [0.29, 0.717) is 13.0 Å². The number of carbonyl (C=O) groups is 1. The lowest BCUT2D eigenvalue weighted by Crippen LogP contribution is -2.45. The SMILES string of the molecule is CCc1nc2n(n1)CCCC2NC(=O)NCC(CC)(CC)CCO. The van der Waals surface area contributed by atoms with Crippen molar-refractivity contribution in [1.29, 1.82) is 0 Å². The molecule has 2 amide bonds. The summed E-state index contributed by atoms with van der Waals surface area (Å²) in [5.41, 5.74) is -0.0337. The lowest BCUT2D eigenvalue weighted by molar-refractivity contribution is 0.162. The Bertz CT molecular complexity index is 539. The molecule has 1 aromatic heterocycles. The van der Waals surface area contributed by atoms with Gasteiger partial charge < -0.3 is 15.7 Å². The van der Waals surface area contributed by atoms with Crippen molar-refractivity contribution in [2.45, 2.75) is 71.9 Å². The Morgan fingerprint density at radius 1 is 1.38 bits per heavy atom. The Hall–Kier alpha value is -1.63. The zero-order valence-corrected chi connectivity index (χ0v) is 15.1. The van der Waals surface area contributed by atoms with Gasteiger partial charge >= 0.3 is 6.03 Å². The smallest absolute Gasteiger partial charge is 0.315 e. The molecule has 0 saturated heterocycles. The minimum Gasteiger partial charge on any atom is -0.396 e. The molecule has 0 aliphatic carbocycles. The van der Waals surface area contributed by atoms with Crippen molar-refractivity contribution in [1.82, 2.24) is 25.4 Å². The van der Waals surface area contributed by atoms with Crippen molar-refractivity contribution in [3.8, 4) is 0 Å². The summed E-state index contributed by atoms with van der Waals surface area (Å²) in [7, 11) is 0. The topological polar surface area (TPSA) is 92.1 Å². The first kappa shape index (κ1) is 18.7. The first-order valence-electron chi connectivity index (χ1n) is 9.16. The lowest BCUT2D eigenvalue weighted by atomic mass is 9.79. The first-order chi connectivity index (χ1) is 11.6. The van der Waals surface area contributed by atoms with Gasteiger partial charge in [0.1, 0.15) is 5.82 Å². The van der Waals surface area contributed by atoms with Crippen molar-refractivity contribution in [2.24, 2.45) is 5.41 Å². The molecule has 0 radical (unpaired) electrons. The quantitative estimate of drug-likeness (QED) is 0.678. The van der Waals surface area contributed by atoms with Gasteiger partial charge in [-0.05, 0) is 37.5 Å². The van der Waals surface area contributed by atoms with E-state index in [1.54, 1.807) is 0 Å². The average molecular weight is 337 g/mol. The molecule has 7 heteroatoms. The molecule has 0 saturated carbocycles. The van der Waals surface area contributed by atoms with E-state index in [-0.39, 0.29) is 24.1 Å². The highest BCUT2D eigenvalue weighted by Crippen LogP contribution is 2.29. The maximum Gasteiger partial charge on any atom is 0.315 e. The van der Waals surface area contributed by atoms with Gasteiger partial charge in [-0.1, -0.05) is 20.8 Å². The van der Waals surface area contributed by atoms with Gasteiger partial charge in [0.25, 0.3) is 0 Å². The normalized spacial score (nSPS) is 17.4. The Labute approximate surface area is 144 Å². The van der Waals surface area contributed by atoms with Crippen molar-refractivity contribution in [2.75, 3.05) is 13.2 Å². The van der Waals surface area contributed by atoms with Crippen LogP contribution in [0.3, 0.4) is 0 Å². The predicted molar refractivity (Wildman–Crippen MR) is 92.6 cm³/mol. The number of hydrogen-bond donors (Lipinski definition) is 3. The third-order valence-electron chi connectivity index (χ3n) is 5.31. The molecule has 7 nitrogen and oxygen atoms in total. The van der Waals surface area contributed by atoms with Crippen LogP contribution in [0.15, 0.2) is 0 Å². The van der Waals surface area contributed by atoms with Crippen LogP contribution < -0.4 is 10.6 Å². The van der Waals surface area contributed by atoms with Crippen molar-refractivity contribution in [3.63, 3.8) is 0 Å². The monoisotopic (exact) mass is 337 g/mol. The number of aliphatic hydroxyl groups is 1. The van der Waals surface area contributed by atoms with Crippen LogP contribution in [0.4, 0.5) is 4.79 Å². The number of aromatic nitrogens is 3. The molecule has 1 atom stereocenters. The fourth-order valence-corrected chi connectivity index (χ4v) is 3.34. The molecule has 1 unspecified atom stereocenters. The van der Waals surface area contributed by atoms with Crippen LogP contribution in [0.1, 0.15) is 70.6 Å². The van der Waals surface area contributed by atoms with Crippen LogP contribution in [-0.2, 0) is 13.0 Å². The number of amides is 2. The minimum atomic E-state index is -0.168. The fraction of sp³-hybridized carbons (Fsp3) is 0.824. The second-order valence-electron chi connectivity index (χ2n) is 6.67. The van der Waals surface area contributed by atoms with Crippen LogP contribution in [0.25, 0.3) is 0 Å². The number of fused-ring (bicyclic) bond motifs is 1. The van der Waals surface area contributed by atoms with E-state index in [1.165, 1.54) is 0 Å². The van der Waals surface area contributed by atoms with Crippen LogP contribution in [0, 0.1) is 5.41 Å². The Kier molecular flexibility index (Phi) is 6.60. The standard InChI is InChI=1S/C17H31N5O2/c1-4-14-20-15-13(8-7-10-22(15)21-14)19-16(24)18-12-17(5-2,6-3)9-11-23/h13,23H,4-12H2,1-3H3,(H2,18,19,24). The molecule has 2 rings (SSSR count). The van der Waals surface area contributed by atoms with Crippen LogP contribution in [-0.4, -0.2) is 39.1 Å². The summed E-state index contributed by atoms with van der Waals surface area (Å²) in [4.78, 5) is 16.9. The number of hydrogen-bond acceptors (Lipinski definition) is 4. The minimum absolute atomic E-state index is 0.0337. The zero-order valence-electron chi connectivity index (χ0n) is 15.1. The highest BCUT2D eigenvalue weighted by Gasteiger charge is 2.28.